The van der Waals surface area contributed by atoms with E-state index in [0.29, 0.717) is 62.9 Å². The number of hydrogen-bond acceptors (Lipinski definition) is 7. The third-order valence-corrected chi connectivity index (χ3v) is 11.6. The number of unbranched alkanes of at least 4 members (excludes halogenated alkanes) is 4. The van der Waals surface area contributed by atoms with Crippen molar-refractivity contribution < 1.29 is 27.3 Å². The molecule has 1 saturated heterocycles. The highest BCUT2D eigenvalue weighted by molar-refractivity contribution is 7.89. The van der Waals surface area contributed by atoms with Crippen molar-refractivity contribution in [2.45, 2.75) is 136 Å². The molecule has 0 radical (unpaired) electrons. The van der Waals surface area contributed by atoms with Gasteiger partial charge in [-0.1, -0.05) is 47.0 Å². The SMILES string of the molecule is CCS(=O)(=O)NCCCCCCCC(=O)N[C@@H](CCCN=C(N)N)C(=O)N[C@@H](CC(C)C)B1O[C@@H]2C[C@@H]3C[C@@H](C3(C)C)[C@]2(C)O1. The maximum absolute atomic E-state index is 13.7. The van der Waals surface area contributed by atoms with E-state index in [2.05, 4.69) is 55.0 Å². The number of nitrogens with zero attached hydrogens (tertiary/aromatic N) is 1. The third kappa shape index (κ3) is 10.3. The second-order valence-electron chi connectivity index (χ2n) is 14.5. The summed E-state index contributed by atoms with van der Waals surface area (Å²) >= 11 is 0. The minimum atomic E-state index is -3.16. The summed E-state index contributed by atoms with van der Waals surface area (Å²) in [6, 6.07) is -0.737. The van der Waals surface area contributed by atoms with Crippen molar-refractivity contribution in [3.8, 4) is 0 Å². The van der Waals surface area contributed by atoms with E-state index in [4.69, 9.17) is 20.8 Å². The van der Waals surface area contributed by atoms with Crippen LogP contribution in [0, 0.1) is 23.2 Å². The fourth-order valence-electron chi connectivity index (χ4n) is 7.41. The Morgan fingerprint density at radius 1 is 1.02 bits per heavy atom. The van der Waals surface area contributed by atoms with Crippen LogP contribution >= 0.6 is 0 Å². The van der Waals surface area contributed by atoms with Crippen LogP contribution in [0.4, 0.5) is 0 Å². The Morgan fingerprint density at radius 2 is 1.71 bits per heavy atom. The second-order valence-corrected chi connectivity index (χ2v) is 16.6. The van der Waals surface area contributed by atoms with Crippen molar-refractivity contribution in [1.29, 1.82) is 0 Å². The van der Waals surface area contributed by atoms with Gasteiger partial charge < -0.3 is 31.4 Å². The van der Waals surface area contributed by atoms with Crippen molar-refractivity contribution in [3.05, 3.63) is 0 Å². The molecule has 45 heavy (non-hydrogen) atoms. The highest BCUT2D eigenvalue weighted by Crippen LogP contribution is 2.65. The molecule has 0 spiro atoms. The summed E-state index contributed by atoms with van der Waals surface area (Å²) in [5, 5.41) is 6.14. The molecule has 3 saturated carbocycles. The van der Waals surface area contributed by atoms with Crippen molar-refractivity contribution >= 4 is 34.9 Å². The predicted molar refractivity (Wildman–Crippen MR) is 179 cm³/mol. The van der Waals surface area contributed by atoms with Crippen LogP contribution in [-0.4, -0.2) is 75.8 Å². The van der Waals surface area contributed by atoms with Gasteiger partial charge in [-0.05, 0) is 82.0 Å². The van der Waals surface area contributed by atoms with Gasteiger partial charge in [-0.25, -0.2) is 13.1 Å². The number of rotatable bonds is 20. The normalized spacial score (nSPS) is 26.5. The minimum absolute atomic E-state index is 0.00799. The first-order chi connectivity index (χ1) is 21.1. The number of carbonyl (C=O) groups excluding carboxylic acids is 2. The molecule has 4 fully saturated rings. The Morgan fingerprint density at radius 3 is 2.36 bits per heavy atom. The number of nitrogens with one attached hydrogen (secondary N) is 3. The van der Waals surface area contributed by atoms with Gasteiger partial charge in [0.05, 0.1) is 23.4 Å². The zero-order valence-electron chi connectivity index (χ0n) is 28.4. The minimum Gasteiger partial charge on any atom is -0.404 e. The maximum atomic E-state index is 13.7. The lowest BCUT2D eigenvalue weighted by atomic mass is 9.43. The summed E-state index contributed by atoms with van der Waals surface area (Å²) in [7, 11) is -3.70. The smallest absolute Gasteiger partial charge is 0.404 e. The van der Waals surface area contributed by atoms with E-state index >= 15 is 0 Å². The van der Waals surface area contributed by atoms with Gasteiger partial charge in [0.2, 0.25) is 21.8 Å². The van der Waals surface area contributed by atoms with E-state index in [1.165, 1.54) is 0 Å². The first-order valence-corrected chi connectivity index (χ1v) is 18.7. The Hall–Kier alpha value is -1.90. The first-order valence-electron chi connectivity index (χ1n) is 17.0. The molecule has 258 valence electrons. The van der Waals surface area contributed by atoms with E-state index in [1.807, 2.05) is 0 Å². The van der Waals surface area contributed by atoms with E-state index < -0.39 is 23.2 Å². The molecule has 4 aliphatic rings. The van der Waals surface area contributed by atoms with Gasteiger partial charge in [0.15, 0.2) is 5.96 Å². The molecule has 0 unspecified atom stereocenters. The molecular formula is C31H59BN6O6S. The number of nitrogens with two attached hydrogens (primary N) is 2. The second kappa shape index (κ2) is 16.3. The van der Waals surface area contributed by atoms with Crippen LogP contribution < -0.4 is 26.8 Å². The van der Waals surface area contributed by atoms with Gasteiger partial charge in [-0.2, -0.15) is 0 Å². The molecule has 4 rings (SSSR count). The molecule has 1 aliphatic heterocycles. The zero-order valence-corrected chi connectivity index (χ0v) is 29.2. The summed E-state index contributed by atoms with van der Waals surface area (Å²) < 4.78 is 38.8. The molecule has 14 heteroatoms. The number of guanidine groups is 1. The van der Waals surface area contributed by atoms with Gasteiger partial charge in [0.1, 0.15) is 6.04 Å². The van der Waals surface area contributed by atoms with Gasteiger partial charge in [-0.15, -0.1) is 0 Å². The van der Waals surface area contributed by atoms with Crippen LogP contribution in [0.3, 0.4) is 0 Å². The molecular weight excluding hydrogens is 595 g/mol. The lowest BCUT2D eigenvalue weighted by molar-refractivity contribution is -0.199. The summed E-state index contributed by atoms with van der Waals surface area (Å²) in [5.74, 6) is 0.635. The van der Waals surface area contributed by atoms with Crippen LogP contribution in [-0.2, 0) is 28.9 Å². The van der Waals surface area contributed by atoms with Gasteiger partial charge >= 0.3 is 7.12 Å². The van der Waals surface area contributed by atoms with Crippen LogP contribution in [0.15, 0.2) is 4.99 Å². The Bertz CT molecular complexity index is 1130. The van der Waals surface area contributed by atoms with Crippen LogP contribution in [0.5, 0.6) is 0 Å². The molecule has 7 N–H and O–H groups in total. The predicted octanol–water partition coefficient (Wildman–Crippen LogP) is 2.60. The number of aliphatic imine (C=N–C) groups is 1. The number of hydrogen-bond donors (Lipinski definition) is 5. The summed E-state index contributed by atoms with van der Waals surface area (Å²) in [5.41, 5.74) is 10.8. The fourth-order valence-corrected chi connectivity index (χ4v) is 8.07. The molecule has 0 aromatic heterocycles. The molecule has 0 aromatic carbocycles. The van der Waals surface area contributed by atoms with Crippen LogP contribution in [0.2, 0.25) is 0 Å². The molecule has 6 atom stereocenters. The Labute approximate surface area is 271 Å². The number of sulfonamides is 1. The standard InChI is InChI=1S/C31H59BN6O6S/c1-7-45(41,42)36-17-12-10-8-9-11-15-27(39)37-23(14-13-16-35-29(33)34)28(40)38-26(18-21(2)3)32-43-25-20-22-19-24(30(22,4)5)31(25,6)44-32/h21-26,36H,7-20H2,1-6H3,(H,37,39)(H,38,40)(H4,33,34,35)/t22-,23-,24-,25+,26-,31-/m0/s1. The van der Waals surface area contributed by atoms with Gasteiger partial charge in [-0.3, -0.25) is 14.6 Å². The van der Waals surface area contributed by atoms with Crippen molar-refractivity contribution in [2.24, 2.45) is 39.6 Å². The first kappa shape index (κ1) is 37.6. The lowest BCUT2D eigenvalue weighted by Gasteiger charge is -2.64. The van der Waals surface area contributed by atoms with Crippen molar-refractivity contribution in [1.82, 2.24) is 15.4 Å². The molecule has 12 nitrogen and oxygen atoms in total. The fraction of sp³-hybridized carbons (Fsp3) is 0.903. The van der Waals surface area contributed by atoms with Crippen molar-refractivity contribution in [3.63, 3.8) is 0 Å². The van der Waals surface area contributed by atoms with E-state index in [-0.39, 0.29) is 46.6 Å². The Kier molecular flexibility index (Phi) is 13.6. The maximum Gasteiger partial charge on any atom is 0.481 e. The number of amides is 2. The van der Waals surface area contributed by atoms with Crippen LogP contribution in [0.25, 0.3) is 0 Å². The van der Waals surface area contributed by atoms with Gasteiger partial charge in [0.25, 0.3) is 0 Å². The van der Waals surface area contributed by atoms with Gasteiger partial charge in [0, 0.05) is 19.5 Å². The monoisotopic (exact) mass is 654 g/mol. The van der Waals surface area contributed by atoms with E-state index in [0.717, 1.165) is 38.5 Å². The Balaban J connectivity index is 1.54. The lowest BCUT2D eigenvalue weighted by Crippen LogP contribution is -2.65. The molecule has 2 amide bonds. The molecule has 1 heterocycles. The topological polar surface area (TPSA) is 187 Å². The summed E-state index contributed by atoms with van der Waals surface area (Å²) in [4.78, 5) is 30.7. The molecule has 3 aliphatic carbocycles. The quantitative estimate of drug-likeness (QED) is 0.0574. The largest absolute Gasteiger partial charge is 0.481 e. The van der Waals surface area contributed by atoms with Crippen LogP contribution in [0.1, 0.15) is 112 Å². The molecule has 0 aromatic rings. The highest BCUT2D eigenvalue weighted by atomic mass is 32.2. The number of carbonyl (C=O) groups is 2. The zero-order chi connectivity index (χ0) is 33.4. The van der Waals surface area contributed by atoms with Crippen molar-refractivity contribution in [2.75, 3.05) is 18.8 Å². The molecule has 2 bridgehead atoms. The summed E-state index contributed by atoms with van der Waals surface area (Å²) in [6.07, 6.45) is 8.13. The average molecular weight is 655 g/mol. The van der Waals surface area contributed by atoms with E-state index in [1.54, 1.807) is 6.92 Å². The third-order valence-electron chi connectivity index (χ3n) is 10.2. The van der Waals surface area contributed by atoms with E-state index in [9.17, 15) is 18.0 Å². The average Bonchev–Trinajstić information content (AvgIpc) is 3.32. The highest BCUT2D eigenvalue weighted by Gasteiger charge is 2.68. The summed E-state index contributed by atoms with van der Waals surface area (Å²) in [6.45, 7) is 13.5.